The van der Waals surface area contributed by atoms with Crippen LogP contribution in [0.5, 0.6) is 0 Å². The third kappa shape index (κ3) is 4.13. The highest BCUT2D eigenvalue weighted by Gasteiger charge is 2.27. The maximum absolute atomic E-state index is 13.0. The molecule has 0 bridgehead atoms. The number of carbonyl (C=O) groups excluding carboxylic acids is 1. The van der Waals surface area contributed by atoms with Gasteiger partial charge in [-0.15, -0.1) is 0 Å². The molecule has 0 unspecified atom stereocenters. The quantitative estimate of drug-likeness (QED) is 0.457. The number of aromatic nitrogens is 4. The molecule has 1 aliphatic rings. The summed E-state index contributed by atoms with van der Waals surface area (Å²) in [6.45, 7) is 5.01. The van der Waals surface area contributed by atoms with Crippen LogP contribution in [0.3, 0.4) is 0 Å². The highest BCUT2D eigenvalue weighted by molar-refractivity contribution is 7.89. The van der Waals surface area contributed by atoms with E-state index in [9.17, 15) is 18.0 Å². The van der Waals surface area contributed by atoms with E-state index in [1.165, 1.54) is 41.1 Å². The number of aryl methyl sites for hydroxylation is 2. The topological polar surface area (TPSA) is 119 Å². The van der Waals surface area contributed by atoms with Gasteiger partial charge < -0.3 is 0 Å². The van der Waals surface area contributed by atoms with Crippen molar-refractivity contribution < 1.29 is 13.2 Å². The highest BCUT2D eigenvalue weighted by Crippen LogP contribution is 2.21. The number of sulfonamides is 1. The normalized spacial score (nSPS) is 14.5. The Kier molecular flexibility index (Phi) is 5.73. The molecule has 0 spiro atoms. The van der Waals surface area contributed by atoms with Gasteiger partial charge in [-0.25, -0.2) is 22.8 Å². The van der Waals surface area contributed by atoms with Crippen molar-refractivity contribution in [1.29, 1.82) is 0 Å². The molecule has 0 atom stereocenters. The first-order valence-electron chi connectivity index (χ1n) is 11.2. The fourth-order valence-corrected chi connectivity index (χ4v) is 5.58. The summed E-state index contributed by atoms with van der Waals surface area (Å²) in [7, 11) is -3.57. The number of hydrogen-bond donors (Lipinski definition) is 1. The fourth-order valence-electron chi connectivity index (χ4n) is 4.07. The molecule has 35 heavy (non-hydrogen) atoms. The van der Waals surface area contributed by atoms with E-state index >= 15 is 0 Å². The minimum atomic E-state index is -3.57. The molecule has 5 rings (SSSR count). The van der Waals surface area contributed by atoms with Crippen LogP contribution in [-0.4, -0.2) is 51.2 Å². The van der Waals surface area contributed by atoms with Crippen molar-refractivity contribution in [3.63, 3.8) is 0 Å². The Bertz CT molecular complexity index is 1600. The third-order valence-corrected chi connectivity index (χ3v) is 8.18. The Morgan fingerprint density at radius 1 is 1.00 bits per heavy atom. The second-order valence-electron chi connectivity index (χ2n) is 8.56. The first-order valence-corrected chi connectivity index (χ1v) is 12.6. The van der Waals surface area contributed by atoms with Crippen LogP contribution < -0.4 is 11.0 Å². The molecule has 10 nitrogen and oxygen atoms in total. The molecule has 1 amide bonds. The molecule has 11 heteroatoms. The number of nitrogens with zero attached hydrogens (tertiary/aromatic N) is 5. The van der Waals surface area contributed by atoms with Crippen molar-refractivity contribution in [2.24, 2.45) is 0 Å². The number of fused-ring (bicyclic) bond motifs is 1. The molecule has 4 aromatic rings. The lowest BCUT2D eigenvalue weighted by atomic mass is 10.1. The largest absolute Gasteiger partial charge is 0.283 e. The molecular weight excluding hydrogens is 468 g/mol. The zero-order valence-corrected chi connectivity index (χ0v) is 20.1. The Morgan fingerprint density at radius 2 is 1.71 bits per heavy atom. The van der Waals surface area contributed by atoms with Gasteiger partial charge in [0.15, 0.2) is 5.65 Å². The van der Waals surface area contributed by atoms with Gasteiger partial charge in [0.05, 0.1) is 16.8 Å². The average Bonchev–Trinajstić information content (AvgIpc) is 3.54. The van der Waals surface area contributed by atoms with Crippen molar-refractivity contribution in [2.75, 3.05) is 18.5 Å². The average molecular weight is 493 g/mol. The second kappa shape index (κ2) is 8.75. The van der Waals surface area contributed by atoms with Gasteiger partial charge in [-0.2, -0.15) is 9.40 Å². The lowest BCUT2D eigenvalue weighted by Crippen LogP contribution is -2.33. The van der Waals surface area contributed by atoms with Crippen molar-refractivity contribution >= 4 is 27.0 Å². The number of carbonyl (C=O) groups is 1. The molecular formula is C24H24N6O4S. The van der Waals surface area contributed by atoms with Crippen LogP contribution in [0.1, 0.15) is 34.3 Å². The molecule has 1 aliphatic heterocycles. The SMILES string of the molecule is Cc1ccc(-n2ncc3c(=O)n(NC(=O)c4ccc(S(=O)(=O)N5CCCC5)cc4)cnc32)cc1C. The number of hydrogen-bond acceptors (Lipinski definition) is 6. The lowest BCUT2D eigenvalue weighted by molar-refractivity contribution is 0.101. The summed E-state index contributed by atoms with van der Waals surface area (Å²) < 4.78 is 29.4. The van der Waals surface area contributed by atoms with E-state index in [2.05, 4.69) is 15.5 Å². The van der Waals surface area contributed by atoms with Gasteiger partial charge >= 0.3 is 0 Å². The molecule has 2 aromatic carbocycles. The van der Waals surface area contributed by atoms with Crippen molar-refractivity contribution in [1.82, 2.24) is 23.7 Å². The summed E-state index contributed by atoms with van der Waals surface area (Å²) in [6.07, 6.45) is 4.33. The summed E-state index contributed by atoms with van der Waals surface area (Å²) in [4.78, 5) is 30.2. The maximum atomic E-state index is 13.0. The summed E-state index contributed by atoms with van der Waals surface area (Å²) in [5.74, 6) is -0.570. The van der Waals surface area contributed by atoms with Gasteiger partial charge in [-0.1, -0.05) is 6.07 Å². The van der Waals surface area contributed by atoms with Crippen molar-refractivity contribution in [2.45, 2.75) is 31.6 Å². The maximum Gasteiger partial charge on any atom is 0.283 e. The Morgan fingerprint density at radius 3 is 2.40 bits per heavy atom. The number of amides is 1. The summed E-state index contributed by atoms with van der Waals surface area (Å²) in [5.41, 5.74) is 5.62. The predicted octanol–water partition coefficient (Wildman–Crippen LogP) is 2.37. The summed E-state index contributed by atoms with van der Waals surface area (Å²) in [5, 5.41) is 4.56. The third-order valence-electron chi connectivity index (χ3n) is 6.26. The number of benzene rings is 2. The predicted molar refractivity (Wildman–Crippen MR) is 131 cm³/mol. The van der Waals surface area contributed by atoms with Gasteiger partial charge in [-0.05, 0) is 74.2 Å². The molecule has 0 saturated carbocycles. The van der Waals surface area contributed by atoms with E-state index in [4.69, 9.17) is 0 Å². The molecule has 0 radical (unpaired) electrons. The van der Waals surface area contributed by atoms with Crippen LogP contribution in [0.15, 0.2) is 64.7 Å². The first kappa shape index (κ1) is 22.9. The zero-order chi connectivity index (χ0) is 24.7. The Labute approximate surface area is 201 Å². The minimum absolute atomic E-state index is 0.134. The van der Waals surface area contributed by atoms with Crippen molar-refractivity contribution in [3.8, 4) is 5.69 Å². The number of rotatable bonds is 5. The van der Waals surface area contributed by atoms with E-state index in [0.717, 1.165) is 34.3 Å². The van der Waals surface area contributed by atoms with Gasteiger partial charge in [0.25, 0.3) is 11.5 Å². The van der Waals surface area contributed by atoms with Gasteiger partial charge in [0.1, 0.15) is 11.7 Å². The zero-order valence-electron chi connectivity index (χ0n) is 19.3. The van der Waals surface area contributed by atoms with Crippen LogP contribution >= 0.6 is 0 Å². The fraction of sp³-hybridized carbons (Fsp3) is 0.250. The van der Waals surface area contributed by atoms with Gasteiger partial charge in [-0.3, -0.25) is 15.0 Å². The molecule has 1 fully saturated rings. The Hall–Kier alpha value is -3.83. The smallest absolute Gasteiger partial charge is 0.267 e. The van der Waals surface area contributed by atoms with Crippen LogP contribution in [-0.2, 0) is 10.0 Å². The lowest BCUT2D eigenvalue weighted by Gasteiger charge is -2.15. The summed E-state index contributed by atoms with van der Waals surface area (Å²) in [6, 6.07) is 11.5. The van der Waals surface area contributed by atoms with E-state index in [-0.39, 0.29) is 15.8 Å². The van der Waals surface area contributed by atoms with E-state index in [1.807, 2.05) is 32.0 Å². The Balaban J connectivity index is 1.38. The first-order chi connectivity index (χ1) is 16.8. The molecule has 2 aromatic heterocycles. The molecule has 0 aliphatic carbocycles. The van der Waals surface area contributed by atoms with Gasteiger partial charge in [0.2, 0.25) is 10.0 Å². The van der Waals surface area contributed by atoms with Gasteiger partial charge in [0, 0.05) is 18.7 Å². The van der Waals surface area contributed by atoms with Crippen LogP contribution in [0.25, 0.3) is 16.7 Å². The van der Waals surface area contributed by atoms with Crippen LogP contribution in [0.4, 0.5) is 0 Å². The highest BCUT2D eigenvalue weighted by atomic mass is 32.2. The van der Waals surface area contributed by atoms with E-state index in [1.54, 1.807) is 4.68 Å². The van der Waals surface area contributed by atoms with E-state index < -0.39 is 21.5 Å². The molecule has 180 valence electrons. The minimum Gasteiger partial charge on any atom is -0.267 e. The second-order valence-corrected chi connectivity index (χ2v) is 10.5. The number of nitrogens with one attached hydrogen (secondary N) is 1. The van der Waals surface area contributed by atoms with E-state index in [0.29, 0.717) is 18.7 Å². The monoisotopic (exact) mass is 492 g/mol. The molecule has 1 saturated heterocycles. The van der Waals surface area contributed by atoms with Crippen molar-refractivity contribution in [3.05, 3.63) is 82.0 Å². The van der Waals surface area contributed by atoms with Crippen LogP contribution in [0.2, 0.25) is 0 Å². The summed E-state index contributed by atoms with van der Waals surface area (Å²) >= 11 is 0. The van der Waals surface area contributed by atoms with Crippen LogP contribution in [0, 0.1) is 13.8 Å². The molecule has 3 heterocycles. The molecule has 1 N–H and O–H groups in total. The standard InChI is InChI=1S/C24H24N6O4S/c1-16-5-8-19(13-17(16)2)30-22-21(14-26-30)24(32)29(15-25-22)27-23(31)18-6-9-20(10-7-18)35(33,34)28-11-3-4-12-28/h5-10,13-15H,3-4,11-12H2,1-2H3,(H,27,31).